The lowest BCUT2D eigenvalue weighted by atomic mass is 10.1. The van der Waals surface area contributed by atoms with Crippen molar-refractivity contribution in [1.29, 1.82) is 0 Å². The van der Waals surface area contributed by atoms with E-state index in [0.717, 1.165) is 34.8 Å². The second-order valence-corrected chi connectivity index (χ2v) is 9.34. The summed E-state index contributed by atoms with van der Waals surface area (Å²) in [4.78, 5) is 12.3. The molecule has 0 bridgehead atoms. The molecular formula is C24H23F3N2O4S. The molecule has 1 amide bonds. The van der Waals surface area contributed by atoms with Gasteiger partial charge in [0, 0.05) is 5.56 Å². The fourth-order valence-electron chi connectivity index (χ4n) is 3.10. The first-order valence-corrected chi connectivity index (χ1v) is 12.1. The Morgan fingerprint density at radius 2 is 1.56 bits per heavy atom. The number of halogens is 3. The molecule has 3 aromatic carbocycles. The van der Waals surface area contributed by atoms with Gasteiger partial charge in [-0.1, -0.05) is 30.3 Å². The molecule has 0 fully saturated rings. The van der Waals surface area contributed by atoms with Crippen LogP contribution in [0.4, 0.5) is 18.9 Å². The van der Waals surface area contributed by atoms with Gasteiger partial charge in [0.1, 0.15) is 12.4 Å². The van der Waals surface area contributed by atoms with E-state index in [9.17, 15) is 26.4 Å². The highest BCUT2D eigenvalue weighted by Crippen LogP contribution is 2.31. The van der Waals surface area contributed by atoms with E-state index in [-0.39, 0.29) is 18.1 Å². The van der Waals surface area contributed by atoms with Gasteiger partial charge in [0.25, 0.3) is 5.91 Å². The van der Waals surface area contributed by atoms with Crippen LogP contribution in [0.3, 0.4) is 0 Å². The van der Waals surface area contributed by atoms with Crippen molar-refractivity contribution in [1.82, 2.24) is 5.32 Å². The number of sulfonamides is 1. The molecule has 0 heterocycles. The third-order valence-electron chi connectivity index (χ3n) is 4.82. The van der Waals surface area contributed by atoms with E-state index < -0.39 is 21.8 Å². The van der Waals surface area contributed by atoms with Gasteiger partial charge < -0.3 is 10.1 Å². The Morgan fingerprint density at radius 3 is 2.12 bits per heavy atom. The van der Waals surface area contributed by atoms with Gasteiger partial charge in [-0.3, -0.25) is 9.10 Å². The number of carbonyl (C=O) groups is 1. The maximum absolute atomic E-state index is 12.8. The fraction of sp³-hybridized carbons (Fsp3) is 0.208. The molecule has 0 saturated heterocycles. The summed E-state index contributed by atoms with van der Waals surface area (Å²) in [6.45, 7) is 0.493. The molecule has 0 radical (unpaired) electrons. The van der Waals surface area contributed by atoms with Crippen molar-refractivity contribution in [3.63, 3.8) is 0 Å². The SMILES string of the molecule is CS(=O)(=O)N(Cc1ccc(C(=O)NCCOc2ccccc2)cc1)c1ccc(C(F)(F)F)cc1. The van der Waals surface area contributed by atoms with E-state index >= 15 is 0 Å². The average molecular weight is 493 g/mol. The van der Waals surface area contributed by atoms with Crippen molar-refractivity contribution in [3.05, 3.63) is 95.6 Å². The number of nitrogens with zero attached hydrogens (tertiary/aromatic N) is 1. The zero-order chi connectivity index (χ0) is 24.8. The van der Waals surface area contributed by atoms with Crippen LogP contribution in [0.5, 0.6) is 5.75 Å². The maximum atomic E-state index is 12.8. The molecule has 0 aliphatic rings. The number of rotatable bonds is 9. The quantitative estimate of drug-likeness (QED) is 0.447. The number of alkyl halides is 3. The van der Waals surface area contributed by atoms with Gasteiger partial charge in [0.05, 0.1) is 30.6 Å². The molecule has 180 valence electrons. The van der Waals surface area contributed by atoms with Gasteiger partial charge in [-0.15, -0.1) is 0 Å². The summed E-state index contributed by atoms with van der Waals surface area (Å²) in [5.74, 6) is 0.385. The first kappa shape index (κ1) is 25.1. The highest BCUT2D eigenvalue weighted by molar-refractivity contribution is 7.92. The van der Waals surface area contributed by atoms with E-state index in [2.05, 4.69) is 5.32 Å². The number of amides is 1. The number of para-hydroxylation sites is 1. The highest BCUT2D eigenvalue weighted by atomic mass is 32.2. The van der Waals surface area contributed by atoms with Gasteiger partial charge in [0.2, 0.25) is 10.0 Å². The molecule has 0 spiro atoms. The minimum atomic E-state index is -4.52. The molecule has 6 nitrogen and oxygen atoms in total. The molecule has 3 aromatic rings. The number of hydrogen-bond acceptors (Lipinski definition) is 4. The molecule has 0 atom stereocenters. The van der Waals surface area contributed by atoms with Crippen LogP contribution in [0, 0.1) is 0 Å². The molecule has 0 aliphatic carbocycles. The zero-order valence-electron chi connectivity index (χ0n) is 18.2. The third kappa shape index (κ3) is 6.98. The van der Waals surface area contributed by atoms with Crippen LogP contribution in [0.25, 0.3) is 0 Å². The van der Waals surface area contributed by atoms with Crippen molar-refractivity contribution in [2.45, 2.75) is 12.7 Å². The summed E-state index contributed by atoms with van der Waals surface area (Å²) < 4.78 is 69.5. The van der Waals surface area contributed by atoms with Crippen LogP contribution in [0.15, 0.2) is 78.9 Å². The monoisotopic (exact) mass is 492 g/mol. The van der Waals surface area contributed by atoms with Gasteiger partial charge in [0.15, 0.2) is 0 Å². The molecule has 34 heavy (non-hydrogen) atoms. The Kier molecular flexibility index (Phi) is 7.83. The zero-order valence-corrected chi connectivity index (χ0v) is 19.1. The molecule has 0 aliphatic heterocycles. The average Bonchev–Trinajstić information content (AvgIpc) is 2.80. The van der Waals surface area contributed by atoms with Gasteiger partial charge in [-0.25, -0.2) is 8.42 Å². The molecule has 0 aromatic heterocycles. The smallest absolute Gasteiger partial charge is 0.416 e. The standard InChI is InChI=1S/C24H23F3N2O4S/c1-34(31,32)29(21-13-11-20(12-14-21)24(25,26)27)17-18-7-9-19(10-8-18)23(30)28-15-16-33-22-5-3-2-4-6-22/h2-14H,15-17H2,1H3,(H,28,30). The number of nitrogens with one attached hydrogen (secondary N) is 1. The minimum Gasteiger partial charge on any atom is -0.492 e. The van der Waals surface area contributed by atoms with Crippen molar-refractivity contribution >= 4 is 21.6 Å². The first-order valence-electron chi connectivity index (χ1n) is 10.2. The van der Waals surface area contributed by atoms with Crippen molar-refractivity contribution in [2.24, 2.45) is 0 Å². The topological polar surface area (TPSA) is 75.7 Å². The van der Waals surface area contributed by atoms with Gasteiger partial charge >= 0.3 is 6.18 Å². The van der Waals surface area contributed by atoms with E-state index in [1.807, 2.05) is 30.3 Å². The number of hydrogen-bond donors (Lipinski definition) is 1. The summed E-state index contributed by atoms with van der Waals surface area (Å²) in [7, 11) is -3.77. The molecule has 0 unspecified atom stereocenters. The van der Waals surface area contributed by atoms with Crippen LogP contribution in [0.2, 0.25) is 0 Å². The van der Waals surface area contributed by atoms with Crippen LogP contribution in [-0.2, 0) is 22.7 Å². The van der Waals surface area contributed by atoms with Crippen LogP contribution in [-0.4, -0.2) is 33.7 Å². The van der Waals surface area contributed by atoms with Crippen LogP contribution < -0.4 is 14.4 Å². The molecule has 0 saturated carbocycles. The van der Waals surface area contributed by atoms with Crippen LogP contribution >= 0.6 is 0 Å². The lowest BCUT2D eigenvalue weighted by Gasteiger charge is -2.23. The Bertz CT molecular complexity index is 1200. The largest absolute Gasteiger partial charge is 0.492 e. The molecule has 3 rings (SSSR count). The predicted octanol–water partition coefficient (Wildman–Crippen LogP) is 4.48. The summed E-state index contributed by atoms with van der Waals surface area (Å²) in [5.41, 5.74) is 0.183. The van der Waals surface area contributed by atoms with Gasteiger partial charge in [-0.2, -0.15) is 13.2 Å². The van der Waals surface area contributed by atoms with E-state index in [1.54, 1.807) is 24.3 Å². The lowest BCUT2D eigenvalue weighted by Crippen LogP contribution is -2.29. The van der Waals surface area contributed by atoms with E-state index in [0.29, 0.717) is 30.0 Å². The second-order valence-electron chi connectivity index (χ2n) is 7.43. The van der Waals surface area contributed by atoms with Crippen molar-refractivity contribution < 1.29 is 31.1 Å². The predicted molar refractivity (Wildman–Crippen MR) is 123 cm³/mol. The number of anilines is 1. The number of carbonyl (C=O) groups excluding carboxylic acids is 1. The highest BCUT2D eigenvalue weighted by Gasteiger charge is 2.30. The fourth-order valence-corrected chi connectivity index (χ4v) is 3.98. The van der Waals surface area contributed by atoms with Crippen molar-refractivity contribution in [3.8, 4) is 5.75 Å². The second kappa shape index (κ2) is 10.6. The maximum Gasteiger partial charge on any atom is 0.416 e. The third-order valence-corrected chi connectivity index (χ3v) is 5.97. The first-order chi connectivity index (χ1) is 16.0. The van der Waals surface area contributed by atoms with Gasteiger partial charge in [-0.05, 0) is 54.1 Å². The van der Waals surface area contributed by atoms with E-state index in [1.165, 1.54) is 0 Å². The minimum absolute atomic E-state index is 0.100. The Morgan fingerprint density at radius 1 is 0.941 bits per heavy atom. The Balaban J connectivity index is 1.61. The molecule has 10 heteroatoms. The normalized spacial score (nSPS) is 11.6. The summed E-state index contributed by atoms with van der Waals surface area (Å²) >= 11 is 0. The van der Waals surface area contributed by atoms with Crippen LogP contribution in [0.1, 0.15) is 21.5 Å². The summed E-state index contributed by atoms with van der Waals surface area (Å²) in [6.07, 6.45) is -3.54. The Labute approximate surface area is 196 Å². The Hall–Kier alpha value is -3.53. The molecule has 1 N–H and O–H groups in total. The summed E-state index contributed by atoms with van der Waals surface area (Å²) in [5, 5.41) is 2.73. The number of benzene rings is 3. The number of ether oxygens (including phenoxy) is 1. The summed E-state index contributed by atoms with van der Waals surface area (Å²) in [6, 6.07) is 19.4. The molecular weight excluding hydrogens is 469 g/mol. The van der Waals surface area contributed by atoms with Crippen molar-refractivity contribution in [2.75, 3.05) is 23.7 Å². The van der Waals surface area contributed by atoms with E-state index in [4.69, 9.17) is 4.74 Å². The lowest BCUT2D eigenvalue weighted by molar-refractivity contribution is -0.137.